The molecule has 2 unspecified atom stereocenters. The Morgan fingerprint density at radius 2 is 2.20 bits per heavy atom. The number of hydrogen-bond acceptors (Lipinski definition) is 3. The summed E-state index contributed by atoms with van der Waals surface area (Å²) in [4.78, 5) is 9.39. The van der Waals surface area contributed by atoms with E-state index in [4.69, 9.17) is 5.11 Å². The van der Waals surface area contributed by atoms with Crippen molar-refractivity contribution >= 4 is 0 Å². The molecule has 2 atom stereocenters. The largest absolute Gasteiger partial charge is 0.386 e. The van der Waals surface area contributed by atoms with Crippen molar-refractivity contribution in [1.82, 2.24) is 0 Å². The van der Waals surface area contributed by atoms with Gasteiger partial charge in [0, 0.05) is 4.92 Å². The second-order valence-corrected chi connectivity index (χ2v) is 2.47. The zero-order valence-electron chi connectivity index (χ0n) is 6.28. The van der Waals surface area contributed by atoms with Crippen molar-refractivity contribution in [2.75, 3.05) is 6.54 Å². The van der Waals surface area contributed by atoms with E-state index in [1.807, 2.05) is 6.92 Å². The van der Waals surface area contributed by atoms with Crippen molar-refractivity contribution in [3.8, 4) is 0 Å². The number of nitro groups is 1. The molecule has 0 heterocycles. The second-order valence-electron chi connectivity index (χ2n) is 2.47. The van der Waals surface area contributed by atoms with Gasteiger partial charge in [-0.05, 0) is 5.92 Å². The van der Waals surface area contributed by atoms with E-state index in [2.05, 4.69) is 0 Å². The Bertz CT molecular complexity index is 116. The van der Waals surface area contributed by atoms with Crippen molar-refractivity contribution in [1.29, 1.82) is 0 Å². The minimum atomic E-state index is -0.792. The molecule has 0 aliphatic rings. The zero-order valence-corrected chi connectivity index (χ0v) is 6.28. The minimum absolute atomic E-state index is 0.0189. The summed E-state index contributed by atoms with van der Waals surface area (Å²) in [5.41, 5.74) is 0. The van der Waals surface area contributed by atoms with Crippen LogP contribution in [-0.4, -0.2) is 22.7 Å². The van der Waals surface area contributed by atoms with E-state index >= 15 is 0 Å². The highest BCUT2D eigenvalue weighted by Crippen LogP contribution is 2.06. The molecule has 4 nitrogen and oxygen atoms in total. The van der Waals surface area contributed by atoms with Crippen LogP contribution in [0.1, 0.15) is 20.3 Å². The Morgan fingerprint density at radius 1 is 1.70 bits per heavy atom. The van der Waals surface area contributed by atoms with Gasteiger partial charge in [0.15, 0.2) is 0 Å². The first-order chi connectivity index (χ1) is 4.57. The van der Waals surface area contributed by atoms with E-state index in [-0.39, 0.29) is 12.5 Å². The summed E-state index contributed by atoms with van der Waals surface area (Å²) in [7, 11) is 0. The summed E-state index contributed by atoms with van der Waals surface area (Å²) in [6.45, 7) is 3.36. The fourth-order valence-electron chi connectivity index (χ4n) is 0.605. The lowest BCUT2D eigenvalue weighted by Crippen LogP contribution is -2.25. The van der Waals surface area contributed by atoms with Crippen LogP contribution in [0.3, 0.4) is 0 Å². The average molecular weight is 147 g/mol. The summed E-state index contributed by atoms with van der Waals surface area (Å²) >= 11 is 0. The van der Waals surface area contributed by atoms with Crippen molar-refractivity contribution < 1.29 is 10.0 Å². The quantitative estimate of drug-likeness (QED) is 0.469. The van der Waals surface area contributed by atoms with Crippen LogP contribution >= 0.6 is 0 Å². The van der Waals surface area contributed by atoms with Gasteiger partial charge >= 0.3 is 0 Å². The molecule has 0 aromatic heterocycles. The van der Waals surface area contributed by atoms with Gasteiger partial charge in [-0.1, -0.05) is 20.3 Å². The van der Waals surface area contributed by atoms with Crippen molar-refractivity contribution in [3.63, 3.8) is 0 Å². The first-order valence-electron chi connectivity index (χ1n) is 3.37. The third kappa shape index (κ3) is 3.40. The number of aliphatic hydroxyl groups is 1. The summed E-state index contributed by atoms with van der Waals surface area (Å²) in [5.74, 6) is 0.0189. The predicted molar refractivity (Wildman–Crippen MR) is 37.3 cm³/mol. The van der Waals surface area contributed by atoms with Gasteiger partial charge in [0.1, 0.15) is 6.10 Å². The summed E-state index contributed by atoms with van der Waals surface area (Å²) in [6, 6.07) is 0. The van der Waals surface area contributed by atoms with E-state index in [1.54, 1.807) is 6.92 Å². The van der Waals surface area contributed by atoms with Gasteiger partial charge in [0.2, 0.25) is 6.54 Å². The third-order valence-corrected chi connectivity index (χ3v) is 1.64. The molecule has 10 heavy (non-hydrogen) atoms. The first kappa shape index (κ1) is 9.36. The van der Waals surface area contributed by atoms with Crippen molar-refractivity contribution in [2.45, 2.75) is 26.4 Å². The molecule has 0 saturated carbocycles. The van der Waals surface area contributed by atoms with Crippen LogP contribution in [0.25, 0.3) is 0 Å². The average Bonchev–Trinajstić information content (AvgIpc) is 1.85. The Balaban J connectivity index is 3.61. The fourth-order valence-corrected chi connectivity index (χ4v) is 0.605. The molecular weight excluding hydrogens is 134 g/mol. The van der Waals surface area contributed by atoms with Gasteiger partial charge in [0.25, 0.3) is 0 Å². The summed E-state index contributed by atoms with van der Waals surface area (Å²) < 4.78 is 0. The molecule has 0 bridgehead atoms. The molecule has 60 valence electrons. The molecule has 0 spiro atoms. The van der Waals surface area contributed by atoms with Crippen LogP contribution in [0.5, 0.6) is 0 Å². The van der Waals surface area contributed by atoms with E-state index in [0.29, 0.717) is 0 Å². The van der Waals surface area contributed by atoms with Gasteiger partial charge < -0.3 is 5.11 Å². The van der Waals surface area contributed by atoms with Crippen LogP contribution in [-0.2, 0) is 0 Å². The van der Waals surface area contributed by atoms with Crippen molar-refractivity contribution in [2.24, 2.45) is 5.92 Å². The standard InChI is InChI=1S/C6H13NO3/c1-3-5(2)6(8)4-7(9)10/h5-6,8H,3-4H2,1-2H3. The van der Waals surface area contributed by atoms with Gasteiger partial charge in [-0.25, -0.2) is 0 Å². The monoisotopic (exact) mass is 147 g/mol. The highest BCUT2D eigenvalue weighted by molar-refractivity contribution is 4.60. The van der Waals surface area contributed by atoms with E-state index in [9.17, 15) is 10.1 Å². The maximum absolute atomic E-state index is 9.88. The maximum Gasteiger partial charge on any atom is 0.229 e. The maximum atomic E-state index is 9.88. The second kappa shape index (κ2) is 4.22. The lowest BCUT2D eigenvalue weighted by atomic mass is 10.0. The Labute approximate surface area is 60.0 Å². The third-order valence-electron chi connectivity index (χ3n) is 1.64. The van der Waals surface area contributed by atoms with Crippen LogP contribution < -0.4 is 0 Å². The zero-order chi connectivity index (χ0) is 8.15. The normalized spacial score (nSPS) is 16.3. The van der Waals surface area contributed by atoms with E-state index in [0.717, 1.165) is 6.42 Å². The van der Waals surface area contributed by atoms with Crippen molar-refractivity contribution in [3.05, 3.63) is 10.1 Å². The molecule has 0 aromatic carbocycles. The number of nitrogens with zero attached hydrogens (tertiary/aromatic N) is 1. The molecule has 4 heteroatoms. The fraction of sp³-hybridized carbons (Fsp3) is 1.00. The summed E-state index contributed by atoms with van der Waals surface area (Å²) in [5, 5.41) is 18.9. The van der Waals surface area contributed by atoms with Crippen LogP contribution in [0.2, 0.25) is 0 Å². The van der Waals surface area contributed by atoms with Gasteiger partial charge in [-0.15, -0.1) is 0 Å². The van der Waals surface area contributed by atoms with E-state index < -0.39 is 11.0 Å². The molecule has 0 aliphatic carbocycles. The summed E-state index contributed by atoms with van der Waals surface area (Å²) in [6.07, 6.45) is -0.0188. The predicted octanol–water partition coefficient (Wildman–Crippen LogP) is 0.670. The number of rotatable bonds is 4. The molecule has 0 radical (unpaired) electrons. The highest BCUT2D eigenvalue weighted by atomic mass is 16.6. The van der Waals surface area contributed by atoms with Crippen LogP contribution in [0.15, 0.2) is 0 Å². The molecule has 1 N–H and O–H groups in total. The smallest absolute Gasteiger partial charge is 0.229 e. The number of hydrogen-bond donors (Lipinski definition) is 1. The van der Waals surface area contributed by atoms with Crippen LogP contribution in [0.4, 0.5) is 0 Å². The Morgan fingerprint density at radius 3 is 2.50 bits per heavy atom. The Kier molecular flexibility index (Phi) is 3.95. The molecule has 0 aliphatic heterocycles. The van der Waals surface area contributed by atoms with Gasteiger partial charge in [0.05, 0.1) is 0 Å². The van der Waals surface area contributed by atoms with Crippen LogP contribution in [0, 0.1) is 16.0 Å². The Hall–Kier alpha value is -0.640. The van der Waals surface area contributed by atoms with Gasteiger partial charge in [-0.3, -0.25) is 10.1 Å². The molecular formula is C6H13NO3. The molecule has 0 rings (SSSR count). The van der Waals surface area contributed by atoms with E-state index in [1.165, 1.54) is 0 Å². The molecule has 0 amide bonds. The molecule has 0 aromatic rings. The molecule has 0 fully saturated rings. The topological polar surface area (TPSA) is 63.4 Å². The highest BCUT2D eigenvalue weighted by Gasteiger charge is 2.17. The number of aliphatic hydroxyl groups excluding tert-OH is 1. The lowest BCUT2D eigenvalue weighted by Gasteiger charge is -2.11. The lowest BCUT2D eigenvalue weighted by molar-refractivity contribution is -0.492. The van der Waals surface area contributed by atoms with Gasteiger partial charge in [-0.2, -0.15) is 0 Å². The first-order valence-corrected chi connectivity index (χ1v) is 3.37. The minimum Gasteiger partial charge on any atom is -0.386 e. The SMILES string of the molecule is CCC(C)C(O)C[N+](=O)[O-]. The molecule has 0 saturated heterocycles.